The first-order valence-corrected chi connectivity index (χ1v) is 9.82. The van der Waals surface area contributed by atoms with Crippen LogP contribution in [0.2, 0.25) is 10.0 Å². The van der Waals surface area contributed by atoms with Crippen LogP contribution in [-0.4, -0.2) is 11.4 Å². The van der Waals surface area contributed by atoms with Gasteiger partial charge in [0.05, 0.1) is 10.0 Å². The van der Waals surface area contributed by atoms with Crippen molar-refractivity contribution >= 4 is 34.8 Å². The van der Waals surface area contributed by atoms with E-state index in [2.05, 4.69) is 10.6 Å². The van der Waals surface area contributed by atoms with Crippen molar-refractivity contribution in [2.75, 3.05) is 5.32 Å². The summed E-state index contributed by atoms with van der Waals surface area (Å²) >= 11 is 12.0. The van der Waals surface area contributed by atoms with Crippen molar-refractivity contribution in [3.63, 3.8) is 0 Å². The summed E-state index contributed by atoms with van der Waals surface area (Å²) in [7, 11) is 0. The smallest absolute Gasteiger partial charge is 0.227 e. The molecule has 0 unspecified atom stereocenters. The van der Waals surface area contributed by atoms with E-state index in [0.717, 1.165) is 31.4 Å². The fourth-order valence-corrected chi connectivity index (χ4v) is 4.83. The largest absolute Gasteiger partial charge is 0.326 e. The molecule has 2 aromatic rings. The molecule has 0 spiro atoms. The van der Waals surface area contributed by atoms with E-state index < -0.39 is 0 Å². The van der Waals surface area contributed by atoms with Crippen molar-refractivity contribution < 1.29 is 9.18 Å². The zero-order valence-corrected chi connectivity index (χ0v) is 16.5. The maximum atomic E-state index is 13.0. The van der Waals surface area contributed by atoms with Gasteiger partial charge in [0.2, 0.25) is 5.91 Å². The summed E-state index contributed by atoms with van der Waals surface area (Å²) in [4.78, 5) is 12.6. The van der Waals surface area contributed by atoms with Crippen LogP contribution in [0, 0.1) is 17.2 Å². The normalized spacial score (nSPS) is 26.7. The number of halogens is 3. The molecule has 0 aliphatic heterocycles. The van der Waals surface area contributed by atoms with Crippen LogP contribution in [-0.2, 0) is 11.3 Å². The fourth-order valence-electron chi connectivity index (χ4n) is 4.51. The molecule has 3 fully saturated rings. The average Bonchev–Trinajstić information content (AvgIpc) is 2.57. The van der Waals surface area contributed by atoms with Gasteiger partial charge in [-0.1, -0.05) is 36.2 Å². The highest BCUT2D eigenvalue weighted by atomic mass is 35.5. The minimum Gasteiger partial charge on any atom is -0.326 e. The van der Waals surface area contributed by atoms with Crippen molar-refractivity contribution in [3.8, 4) is 0 Å². The topological polar surface area (TPSA) is 41.1 Å². The lowest BCUT2D eigenvalue weighted by molar-refractivity contribution is -0.190. The lowest BCUT2D eigenvalue weighted by atomic mass is 9.36. The molecule has 5 rings (SSSR count). The molecule has 3 saturated carbocycles. The number of amides is 1. The number of anilines is 1. The maximum absolute atomic E-state index is 13.0. The van der Waals surface area contributed by atoms with Gasteiger partial charge in [-0.3, -0.25) is 4.79 Å². The van der Waals surface area contributed by atoms with Crippen LogP contribution in [0.4, 0.5) is 10.1 Å². The van der Waals surface area contributed by atoms with Gasteiger partial charge in [-0.15, -0.1) is 0 Å². The highest BCUT2D eigenvalue weighted by Crippen LogP contribution is 2.70. The third kappa shape index (κ3) is 3.46. The third-order valence-electron chi connectivity index (χ3n) is 6.15. The van der Waals surface area contributed by atoms with E-state index in [1.165, 1.54) is 12.1 Å². The summed E-state index contributed by atoms with van der Waals surface area (Å²) in [5, 5.41) is 7.65. The monoisotopic (exact) mass is 406 g/mol. The van der Waals surface area contributed by atoms with Crippen molar-refractivity contribution in [1.82, 2.24) is 5.32 Å². The van der Waals surface area contributed by atoms with E-state index in [0.29, 0.717) is 15.7 Å². The average molecular weight is 407 g/mol. The highest BCUT2D eigenvalue weighted by molar-refractivity contribution is 6.42. The summed E-state index contributed by atoms with van der Waals surface area (Å²) in [5.41, 5.74) is 1.95. The Hall–Kier alpha value is -1.62. The summed E-state index contributed by atoms with van der Waals surface area (Å²) < 4.78 is 13.0. The number of hydrogen-bond acceptors (Lipinski definition) is 2. The van der Waals surface area contributed by atoms with Crippen LogP contribution >= 0.6 is 23.2 Å². The van der Waals surface area contributed by atoms with E-state index in [1.807, 2.05) is 25.1 Å². The molecule has 3 aliphatic rings. The molecular weight excluding hydrogens is 386 g/mol. The molecule has 0 heterocycles. The summed E-state index contributed by atoms with van der Waals surface area (Å²) in [6.07, 6.45) is 3.00. The van der Waals surface area contributed by atoms with Crippen LogP contribution in [0.3, 0.4) is 0 Å². The van der Waals surface area contributed by atoms with Crippen LogP contribution in [0.15, 0.2) is 42.5 Å². The molecule has 2 bridgehead atoms. The second kappa shape index (κ2) is 6.77. The molecule has 3 aliphatic carbocycles. The predicted molar refractivity (Wildman–Crippen MR) is 107 cm³/mol. The maximum Gasteiger partial charge on any atom is 0.227 e. The van der Waals surface area contributed by atoms with Gasteiger partial charge in [0.1, 0.15) is 5.82 Å². The lowest BCUT2D eigenvalue weighted by Gasteiger charge is -2.73. The third-order valence-corrected chi connectivity index (χ3v) is 6.89. The van der Waals surface area contributed by atoms with Gasteiger partial charge in [-0.05, 0) is 66.6 Å². The van der Waals surface area contributed by atoms with Crippen LogP contribution in [0.1, 0.15) is 31.7 Å². The second-order valence-electron chi connectivity index (χ2n) is 7.99. The zero-order valence-electron chi connectivity index (χ0n) is 15.0. The van der Waals surface area contributed by atoms with Crippen LogP contribution < -0.4 is 10.6 Å². The summed E-state index contributed by atoms with van der Waals surface area (Å²) in [5.74, 6) is -0.383. The molecule has 3 nitrogen and oxygen atoms in total. The summed E-state index contributed by atoms with van der Waals surface area (Å²) in [6.45, 7) is 2.73. The molecule has 0 aromatic heterocycles. The van der Waals surface area contributed by atoms with Crippen LogP contribution in [0.5, 0.6) is 0 Å². The van der Waals surface area contributed by atoms with Gasteiger partial charge in [0.15, 0.2) is 0 Å². The number of hydrogen-bond donors (Lipinski definition) is 2. The Morgan fingerprint density at radius 1 is 1.11 bits per heavy atom. The van der Waals surface area contributed by atoms with Gasteiger partial charge < -0.3 is 10.6 Å². The van der Waals surface area contributed by atoms with Gasteiger partial charge in [-0.2, -0.15) is 0 Å². The predicted octanol–water partition coefficient (Wildman–Crippen LogP) is 5.42. The van der Waals surface area contributed by atoms with Gasteiger partial charge >= 0.3 is 0 Å². The molecule has 6 heteroatoms. The number of carbonyl (C=O) groups is 1. The Labute approximate surface area is 168 Å². The molecule has 1 amide bonds. The molecule has 142 valence electrons. The first-order valence-electron chi connectivity index (χ1n) is 9.06. The zero-order chi connectivity index (χ0) is 19.2. The first kappa shape index (κ1) is 18.7. The van der Waals surface area contributed by atoms with E-state index in [9.17, 15) is 9.18 Å². The molecule has 0 radical (unpaired) electrons. The van der Waals surface area contributed by atoms with E-state index in [1.54, 1.807) is 12.1 Å². The van der Waals surface area contributed by atoms with Gasteiger partial charge in [0.25, 0.3) is 0 Å². The standard InChI is InChI=1S/C21H21Cl2FN2O/c1-13(19(27)26-16-5-3-15(24)4-6-16)20-10-21(11-20,12-20)25-9-14-2-7-17(22)18(23)8-14/h2-8,13,25H,9-12H2,1H3,(H,26,27)/t13-,20?,21?/m1/s1. The Balaban J connectivity index is 1.29. The van der Waals surface area contributed by atoms with E-state index >= 15 is 0 Å². The van der Waals surface area contributed by atoms with Crippen molar-refractivity contribution in [3.05, 3.63) is 63.9 Å². The first-order chi connectivity index (χ1) is 12.8. The van der Waals surface area contributed by atoms with Crippen molar-refractivity contribution in [2.24, 2.45) is 11.3 Å². The minimum absolute atomic E-state index is 0.000564. The molecule has 1 atom stereocenters. The van der Waals surface area contributed by atoms with E-state index in [4.69, 9.17) is 23.2 Å². The second-order valence-corrected chi connectivity index (χ2v) is 8.81. The van der Waals surface area contributed by atoms with Crippen LogP contribution in [0.25, 0.3) is 0 Å². The van der Waals surface area contributed by atoms with Gasteiger partial charge in [-0.25, -0.2) is 4.39 Å². The quantitative estimate of drug-likeness (QED) is 0.672. The lowest BCUT2D eigenvalue weighted by Crippen LogP contribution is -2.76. The van der Waals surface area contributed by atoms with Crippen molar-refractivity contribution in [2.45, 2.75) is 38.3 Å². The molecule has 27 heavy (non-hydrogen) atoms. The molecule has 2 N–H and O–H groups in total. The molecule has 2 aromatic carbocycles. The minimum atomic E-state index is -0.310. The fraction of sp³-hybridized carbons (Fsp3) is 0.381. The van der Waals surface area contributed by atoms with Crippen molar-refractivity contribution in [1.29, 1.82) is 0 Å². The number of rotatable bonds is 6. The highest BCUT2D eigenvalue weighted by Gasteiger charge is 2.70. The number of benzene rings is 2. The van der Waals surface area contributed by atoms with Gasteiger partial charge in [0, 0.05) is 23.7 Å². The summed E-state index contributed by atoms with van der Waals surface area (Å²) in [6, 6.07) is 11.5. The van der Waals surface area contributed by atoms with E-state index in [-0.39, 0.29) is 28.6 Å². The SMILES string of the molecule is C[C@H](C(=O)Nc1ccc(F)cc1)C12CC(NCc3ccc(Cl)c(Cl)c3)(C1)C2. The number of nitrogens with one attached hydrogen (secondary N) is 2. The Morgan fingerprint density at radius 2 is 1.78 bits per heavy atom. The Kier molecular flexibility index (Phi) is 4.69. The number of carbonyl (C=O) groups excluding carboxylic acids is 1. The molecule has 0 saturated heterocycles. The Bertz CT molecular complexity index is 864. The Morgan fingerprint density at radius 3 is 2.41 bits per heavy atom. The molecular formula is C21H21Cl2FN2O.